The topological polar surface area (TPSA) is 218 Å². The molecule has 0 bridgehead atoms. The van der Waals surface area contributed by atoms with Gasteiger partial charge in [-0.1, -0.05) is 12.1 Å². The minimum absolute atomic E-state index is 0.0528. The number of pyridine rings is 2. The van der Waals surface area contributed by atoms with Crippen molar-refractivity contribution in [1.29, 1.82) is 0 Å². The van der Waals surface area contributed by atoms with E-state index < -0.39 is 11.7 Å². The Hall–Kier alpha value is -6.45. The number of imide groups is 1. The number of hydrogen-bond donors (Lipinski definition) is 6. The van der Waals surface area contributed by atoms with Gasteiger partial charge >= 0.3 is 0 Å². The normalized spacial score (nSPS) is 11.3. The van der Waals surface area contributed by atoms with Gasteiger partial charge in [-0.05, 0) is 75.1 Å². The van der Waals surface area contributed by atoms with E-state index in [1.807, 2.05) is 6.92 Å². The zero-order valence-corrected chi connectivity index (χ0v) is 32.7. The third-order valence-electron chi connectivity index (χ3n) is 9.77. The second-order valence-electron chi connectivity index (χ2n) is 13.7. The number of nitrogens with zero attached hydrogens (tertiary/aromatic N) is 3. The molecule has 16 heteroatoms. The Morgan fingerprint density at radius 1 is 0.912 bits per heavy atom. The lowest BCUT2D eigenvalue weighted by Crippen LogP contribution is -2.37. The van der Waals surface area contributed by atoms with Gasteiger partial charge in [0.2, 0.25) is 24.1 Å². The van der Waals surface area contributed by atoms with Crippen molar-refractivity contribution in [2.45, 2.75) is 71.3 Å². The average Bonchev–Trinajstić information content (AvgIpc) is 3.20. The van der Waals surface area contributed by atoms with Crippen LogP contribution in [0.2, 0.25) is 0 Å². The minimum Gasteiger partial charge on any atom is -0.396 e. The monoisotopic (exact) mass is 783 g/mol. The van der Waals surface area contributed by atoms with Crippen LogP contribution >= 0.6 is 0 Å². The summed E-state index contributed by atoms with van der Waals surface area (Å²) < 4.78 is 15.4. The number of rotatable bonds is 21. The predicted octanol–water partition coefficient (Wildman–Crippen LogP) is 5.20. The van der Waals surface area contributed by atoms with Crippen LogP contribution in [0.4, 0.5) is 27.3 Å². The zero-order valence-electron chi connectivity index (χ0n) is 32.7. The van der Waals surface area contributed by atoms with Crippen LogP contribution in [0.3, 0.4) is 0 Å². The van der Waals surface area contributed by atoms with Crippen molar-refractivity contribution in [3.63, 3.8) is 0 Å². The lowest BCUT2D eigenvalue weighted by Gasteiger charge is -2.26. The maximum Gasteiger partial charge on any atom is 0.256 e. The van der Waals surface area contributed by atoms with Gasteiger partial charge in [0.05, 0.1) is 23.1 Å². The highest BCUT2D eigenvalue weighted by molar-refractivity contribution is 6.06. The zero-order chi connectivity index (χ0) is 41.5. The van der Waals surface area contributed by atoms with E-state index in [0.29, 0.717) is 67.1 Å². The van der Waals surface area contributed by atoms with E-state index in [2.05, 4.69) is 36.6 Å². The summed E-state index contributed by atoms with van der Waals surface area (Å²) in [5.74, 6) is -1.59. The molecule has 0 aliphatic carbocycles. The number of nitrogens with one attached hydrogen (secondary N) is 5. The fraction of sp³-hybridized carbons (Fsp3) is 0.366. The molecule has 1 atom stereocenters. The summed E-state index contributed by atoms with van der Waals surface area (Å²) in [5.41, 5.74) is 9.54. The largest absolute Gasteiger partial charge is 0.396 e. The van der Waals surface area contributed by atoms with Crippen LogP contribution in [-0.2, 0) is 19.2 Å². The molecule has 15 nitrogen and oxygen atoms in total. The molecule has 7 N–H and O–H groups in total. The van der Waals surface area contributed by atoms with Crippen molar-refractivity contribution in [2.75, 3.05) is 48.9 Å². The highest BCUT2D eigenvalue weighted by Crippen LogP contribution is 2.36. The minimum atomic E-state index is -0.577. The van der Waals surface area contributed by atoms with Crippen LogP contribution in [0.15, 0.2) is 48.9 Å². The first kappa shape index (κ1) is 43.3. The summed E-state index contributed by atoms with van der Waals surface area (Å²) in [4.78, 5) is 82.4. The van der Waals surface area contributed by atoms with Gasteiger partial charge in [0.1, 0.15) is 5.82 Å². The fourth-order valence-electron chi connectivity index (χ4n) is 6.29. The summed E-state index contributed by atoms with van der Waals surface area (Å²) in [6.07, 6.45) is 8.83. The molecular weight excluding hydrogens is 734 g/mol. The molecule has 2 aromatic heterocycles. The van der Waals surface area contributed by atoms with Gasteiger partial charge in [0, 0.05) is 92.6 Å². The Kier molecular flexibility index (Phi) is 16.0. The van der Waals surface area contributed by atoms with Gasteiger partial charge in [-0.3, -0.25) is 39.1 Å². The lowest BCUT2D eigenvalue weighted by atomic mass is 9.97. The van der Waals surface area contributed by atoms with Crippen LogP contribution in [0.5, 0.6) is 0 Å². The maximum absolute atomic E-state index is 15.4. The Labute approximate surface area is 330 Å². The summed E-state index contributed by atoms with van der Waals surface area (Å²) in [6, 6.07) is 7.95. The summed E-state index contributed by atoms with van der Waals surface area (Å²) in [6.45, 7) is 4.63. The number of nitrogen functional groups attached to an aromatic ring is 1. The fourth-order valence-corrected chi connectivity index (χ4v) is 6.29. The van der Waals surface area contributed by atoms with Gasteiger partial charge in [0.15, 0.2) is 12.1 Å². The molecule has 0 saturated heterocycles. The van der Waals surface area contributed by atoms with Crippen molar-refractivity contribution in [3.8, 4) is 11.1 Å². The van der Waals surface area contributed by atoms with E-state index in [0.717, 1.165) is 24.1 Å². The van der Waals surface area contributed by atoms with Crippen molar-refractivity contribution < 1.29 is 33.2 Å². The maximum atomic E-state index is 15.4. The van der Waals surface area contributed by atoms with E-state index >= 15 is 4.39 Å². The Bertz CT molecular complexity index is 2110. The number of aromatic nitrogens is 2. The van der Waals surface area contributed by atoms with Crippen LogP contribution in [0.1, 0.15) is 84.6 Å². The third-order valence-corrected chi connectivity index (χ3v) is 9.77. The van der Waals surface area contributed by atoms with Gasteiger partial charge in [-0.15, -0.1) is 0 Å². The van der Waals surface area contributed by atoms with E-state index in [4.69, 9.17) is 5.73 Å². The molecule has 0 saturated carbocycles. The number of nitrogens with two attached hydrogens (primary N) is 1. The number of halogens is 1. The smallest absolute Gasteiger partial charge is 0.256 e. The molecule has 2 heterocycles. The Morgan fingerprint density at radius 3 is 2.40 bits per heavy atom. The first-order valence-corrected chi connectivity index (χ1v) is 18.8. The molecule has 0 fully saturated rings. The molecule has 0 aliphatic heterocycles. The van der Waals surface area contributed by atoms with Crippen LogP contribution in [0, 0.1) is 12.7 Å². The molecule has 5 amide bonds. The van der Waals surface area contributed by atoms with Gasteiger partial charge in [0.25, 0.3) is 5.91 Å². The highest BCUT2D eigenvalue weighted by Gasteiger charge is 2.24. The molecule has 57 heavy (non-hydrogen) atoms. The van der Waals surface area contributed by atoms with E-state index in [1.165, 1.54) is 11.1 Å². The number of carbonyl (C=O) groups excluding carboxylic acids is 6. The van der Waals surface area contributed by atoms with Crippen molar-refractivity contribution in [2.24, 2.45) is 0 Å². The molecular formula is C41H50FN9O6. The molecule has 0 spiro atoms. The SMILES string of the molecule is CNc1cncc(-c2cc3cc(NC(=O)CCCC(=O)NCCCCCNc4cccc(C=O)c4C(=O)N(C)C(C)CCC(=O)NC=O)ncc3c(N)c2F)c1C. The number of benzene rings is 2. The first-order chi connectivity index (χ1) is 27.4. The predicted molar refractivity (Wildman–Crippen MR) is 218 cm³/mol. The number of fused-ring (bicyclic) bond motifs is 1. The van der Waals surface area contributed by atoms with Gasteiger partial charge in [-0.25, -0.2) is 9.37 Å². The standard InChI is InChI=1S/C41H50FN9O6/c1-25(14-15-36(55)49-24-53)51(4)41(57)38-27(23-52)10-8-11-32(38)46-16-6-5-7-17-47-35(54)12-9-13-37(56)50-34-19-28-18-29(39(42)40(43)31(28)21-48-34)30-20-45-22-33(44-3)26(30)2/h8,10-11,18-25,44,46H,5-7,9,12-17,43H2,1-4H3,(H,47,54)(H,48,50,56)(H,49,53,55). The van der Waals surface area contributed by atoms with E-state index in [9.17, 15) is 28.8 Å². The molecule has 4 rings (SSSR count). The number of anilines is 4. The van der Waals surface area contributed by atoms with E-state index in [-0.39, 0.29) is 71.2 Å². The average molecular weight is 784 g/mol. The quantitative estimate of drug-likeness (QED) is 0.0367. The Morgan fingerprint density at radius 2 is 1.67 bits per heavy atom. The van der Waals surface area contributed by atoms with Crippen LogP contribution in [0.25, 0.3) is 21.9 Å². The molecule has 2 aromatic carbocycles. The second kappa shape index (κ2) is 21.0. The number of unbranched alkanes of at least 4 members (excludes halogenated alkanes) is 2. The third kappa shape index (κ3) is 11.5. The van der Waals surface area contributed by atoms with Crippen molar-refractivity contribution in [3.05, 3.63) is 71.4 Å². The molecule has 302 valence electrons. The van der Waals surface area contributed by atoms with Crippen molar-refractivity contribution in [1.82, 2.24) is 25.5 Å². The molecule has 0 aliphatic rings. The van der Waals surface area contributed by atoms with Crippen molar-refractivity contribution >= 4 is 70.0 Å². The van der Waals surface area contributed by atoms with Gasteiger partial charge in [-0.2, -0.15) is 0 Å². The number of hydrogen-bond acceptors (Lipinski definition) is 11. The first-order valence-electron chi connectivity index (χ1n) is 18.8. The van der Waals surface area contributed by atoms with Crippen LogP contribution in [-0.4, -0.2) is 84.4 Å². The summed E-state index contributed by atoms with van der Waals surface area (Å²) >= 11 is 0. The number of amides is 5. The molecule has 0 radical (unpaired) electrons. The van der Waals surface area contributed by atoms with Gasteiger partial charge < -0.3 is 31.9 Å². The Balaban J connectivity index is 1.18. The molecule has 4 aromatic rings. The summed E-state index contributed by atoms with van der Waals surface area (Å²) in [5, 5.41) is 15.0. The van der Waals surface area contributed by atoms with Crippen LogP contribution < -0.4 is 32.3 Å². The second-order valence-corrected chi connectivity index (χ2v) is 13.7. The number of carbonyl (C=O) groups is 6. The van der Waals surface area contributed by atoms with E-state index in [1.54, 1.807) is 63.7 Å². The highest BCUT2D eigenvalue weighted by atomic mass is 19.1. The lowest BCUT2D eigenvalue weighted by molar-refractivity contribution is -0.125. The molecule has 1 unspecified atom stereocenters. The number of aldehydes is 1. The summed E-state index contributed by atoms with van der Waals surface area (Å²) in [7, 11) is 3.36.